The third kappa shape index (κ3) is 2.50. The van der Waals surface area contributed by atoms with Gasteiger partial charge in [0, 0.05) is 12.0 Å². The number of ketones is 1. The summed E-state index contributed by atoms with van der Waals surface area (Å²) < 4.78 is 0. The minimum absolute atomic E-state index is 0.162. The fourth-order valence-corrected chi connectivity index (χ4v) is 2.05. The zero-order chi connectivity index (χ0) is 13.3. The molecule has 3 nitrogen and oxygen atoms in total. The summed E-state index contributed by atoms with van der Waals surface area (Å²) in [4.78, 5) is 19.7. The van der Waals surface area contributed by atoms with Gasteiger partial charge < -0.3 is 4.98 Å². The average molecular weight is 242 g/mol. The van der Waals surface area contributed by atoms with Crippen molar-refractivity contribution in [2.24, 2.45) is 0 Å². The highest BCUT2D eigenvalue weighted by molar-refractivity contribution is 5.99. The van der Waals surface area contributed by atoms with Crippen molar-refractivity contribution in [2.45, 2.75) is 33.6 Å². The molecule has 1 heterocycles. The van der Waals surface area contributed by atoms with Crippen LogP contribution in [0, 0.1) is 13.8 Å². The van der Waals surface area contributed by atoms with Gasteiger partial charge in [-0.2, -0.15) is 0 Å². The van der Waals surface area contributed by atoms with E-state index >= 15 is 0 Å². The summed E-state index contributed by atoms with van der Waals surface area (Å²) >= 11 is 0. The Labute approximate surface area is 107 Å². The van der Waals surface area contributed by atoms with Crippen LogP contribution < -0.4 is 0 Å². The van der Waals surface area contributed by atoms with E-state index in [1.807, 2.05) is 32.9 Å². The largest absolute Gasteiger partial charge is 0.342 e. The molecule has 0 saturated heterocycles. The van der Waals surface area contributed by atoms with Crippen LogP contribution in [0.4, 0.5) is 0 Å². The lowest BCUT2D eigenvalue weighted by atomic mass is 10.0. The van der Waals surface area contributed by atoms with Crippen molar-refractivity contribution in [1.82, 2.24) is 9.97 Å². The Balaban J connectivity index is 2.34. The molecule has 0 radical (unpaired) electrons. The molecule has 0 aliphatic heterocycles. The molecular formula is C15H18N2O. The summed E-state index contributed by atoms with van der Waals surface area (Å²) in [5.74, 6) is 1.04. The topological polar surface area (TPSA) is 45.8 Å². The van der Waals surface area contributed by atoms with Gasteiger partial charge in [0.15, 0.2) is 5.78 Å². The quantitative estimate of drug-likeness (QED) is 0.656. The van der Waals surface area contributed by atoms with Crippen LogP contribution in [0.1, 0.15) is 41.5 Å². The molecule has 0 bridgehead atoms. The lowest BCUT2D eigenvalue weighted by Gasteiger charge is -2.03. The summed E-state index contributed by atoms with van der Waals surface area (Å²) in [6.45, 7) is 9.67. The third-order valence-electron chi connectivity index (χ3n) is 3.00. The van der Waals surface area contributed by atoms with Gasteiger partial charge in [0.2, 0.25) is 0 Å². The number of nitrogens with one attached hydrogen (secondary N) is 1. The van der Waals surface area contributed by atoms with E-state index in [1.54, 1.807) is 0 Å². The van der Waals surface area contributed by atoms with Gasteiger partial charge in [-0.25, -0.2) is 4.98 Å². The number of H-pyrrole nitrogens is 1. The summed E-state index contributed by atoms with van der Waals surface area (Å²) in [7, 11) is 0. The lowest BCUT2D eigenvalue weighted by molar-refractivity contribution is 0.0983. The first kappa shape index (κ1) is 12.6. The number of aryl methyl sites for hydroxylation is 2. The molecule has 0 atom stereocenters. The van der Waals surface area contributed by atoms with Crippen molar-refractivity contribution in [2.75, 3.05) is 0 Å². The number of hydrogen-bond donors (Lipinski definition) is 1. The van der Waals surface area contributed by atoms with Gasteiger partial charge in [-0.1, -0.05) is 5.57 Å². The maximum Gasteiger partial charge on any atom is 0.163 e. The molecule has 1 aromatic carbocycles. The summed E-state index contributed by atoms with van der Waals surface area (Å²) in [6, 6.07) is 3.81. The zero-order valence-corrected chi connectivity index (χ0v) is 11.1. The van der Waals surface area contributed by atoms with E-state index in [2.05, 4.69) is 16.5 Å². The number of imidazole rings is 1. The van der Waals surface area contributed by atoms with Crippen LogP contribution in [0.5, 0.6) is 0 Å². The number of aromatic nitrogens is 2. The van der Waals surface area contributed by atoms with Crippen LogP contribution in [0.2, 0.25) is 0 Å². The van der Waals surface area contributed by atoms with Crippen molar-refractivity contribution >= 4 is 16.8 Å². The van der Waals surface area contributed by atoms with Gasteiger partial charge in [-0.3, -0.25) is 4.79 Å². The van der Waals surface area contributed by atoms with Gasteiger partial charge in [-0.15, -0.1) is 6.58 Å². The summed E-state index contributed by atoms with van der Waals surface area (Å²) in [5, 5.41) is 0. The van der Waals surface area contributed by atoms with Crippen molar-refractivity contribution in [3.63, 3.8) is 0 Å². The van der Waals surface area contributed by atoms with E-state index in [0.717, 1.165) is 40.0 Å². The van der Waals surface area contributed by atoms with Crippen LogP contribution >= 0.6 is 0 Å². The zero-order valence-electron chi connectivity index (χ0n) is 11.1. The molecule has 0 amide bonds. The SMILES string of the molecule is C=C(C)CCC(=O)c1cc(C)c2nc(C)[nH]c2c1. The summed E-state index contributed by atoms with van der Waals surface area (Å²) in [6.07, 6.45) is 1.27. The van der Waals surface area contributed by atoms with Gasteiger partial charge in [-0.05, 0) is 44.9 Å². The molecule has 1 N–H and O–H groups in total. The van der Waals surface area contributed by atoms with E-state index in [9.17, 15) is 4.79 Å². The molecule has 94 valence electrons. The number of Topliss-reactive ketones (excluding diaryl/α,β-unsaturated/α-hetero) is 1. The maximum atomic E-state index is 12.1. The van der Waals surface area contributed by atoms with Crippen LogP contribution in [-0.4, -0.2) is 15.8 Å². The first-order chi connectivity index (χ1) is 8.47. The average Bonchev–Trinajstić information content (AvgIpc) is 2.67. The molecule has 0 saturated carbocycles. The number of aromatic amines is 1. The highest BCUT2D eigenvalue weighted by Crippen LogP contribution is 2.20. The number of rotatable bonds is 4. The Morgan fingerprint density at radius 1 is 1.33 bits per heavy atom. The van der Waals surface area contributed by atoms with Gasteiger partial charge in [0.25, 0.3) is 0 Å². The molecule has 0 aliphatic carbocycles. The number of hydrogen-bond acceptors (Lipinski definition) is 2. The van der Waals surface area contributed by atoms with Crippen molar-refractivity contribution < 1.29 is 4.79 Å². The number of nitrogens with zero attached hydrogens (tertiary/aromatic N) is 1. The molecule has 1 aromatic heterocycles. The minimum atomic E-state index is 0.162. The predicted octanol–water partition coefficient (Wildman–Crippen LogP) is 3.72. The second kappa shape index (κ2) is 4.77. The van der Waals surface area contributed by atoms with Crippen LogP contribution in [0.25, 0.3) is 11.0 Å². The summed E-state index contributed by atoms with van der Waals surface area (Å²) in [5.41, 5.74) is 4.72. The number of carbonyl (C=O) groups is 1. The highest BCUT2D eigenvalue weighted by Gasteiger charge is 2.10. The van der Waals surface area contributed by atoms with E-state index in [0.29, 0.717) is 6.42 Å². The number of benzene rings is 1. The molecule has 3 heteroatoms. The van der Waals surface area contributed by atoms with E-state index in [4.69, 9.17) is 0 Å². The van der Waals surface area contributed by atoms with E-state index < -0.39 is 0 Å². The molecule has 0 unspecified atom stereocenters. The van der Waals surface area contributed by atoms with Gasteiger partial charge in [0.05, 0.1) is 11.0 Å². The van der Waals surface area contributed by atoms with Crippen LogP contribution in [0.3, 0.4) is 0 Å². The Morgan fingerprint density at radius 2 is 2.06 bits per heavy atom. The van der Waals surface area contributed by atoms with Crippen LogP contribution in [0.15, 0.2) is 24.3 Å². The maximum absolute atomic E-state index is 12.1. The molecule has 0 aliphatic rings. The standard InChI is InChI=1S/C15H18N2O/c1-9(2)5-6-14(18)12-7-10(3)15-13(8-12)16-11(4)17-15/h7-8H,1,5-6H2,2-4H3,(H,16,17). The Hall–Kier alpha value is -1.90. The van der Waals surface area contributed by atoms with Crippen LogP contribution in [-0.2, 0) is 0 Å². The van der Waals surface area contributed by atoms with Gasteiger partial charge >= 0.3 is 0 Å². The third-order valence-corrected chi connectivity index (χ3v) is 3.00. The monoisotopic (exact) mass is 242 g/mol. The molecule has 0 fully saturated rings. The van der Waals surface area contributed by atoms with E-state index in [1.165, 1.54) is 0 Å². The molecule has 18 heavy (non-hydrogen) atoms. The number of carbonyl (C=O) groups excluding carboxylic acids is 1. The van der Waals surface area contributed by atoms with Crippen molar-refractivity contribution in [3.05, 3.63) is 41.2 Å². The first-order valence-corrected chi connectivity index (χ1v) is 6.12. The first-order valence-electron chi connectivity index (χ1n) is 6.12. The molecular weight excluding hydrogens is 224 g/mol. The Kier molecular flexibility index (Phi) is 3.32. The second-order valence-electron chi connectivity index (χ2n) is 4.89. The molecule has 0 spiro atoms. The predicted molar refractivity (Wildman–Crippen MR) is 73.9 cm³/mol. The smallest absolute Gasteiger partial charge is 0.163 e. The minimum Gasteiger partial charge on any atom is -0.342 e. The van der Waals surface area contributed by atoms with E-state index in [-0.39, 0.29) is 5.78 Å². The molecule has 2 aromatic rings. The lowest BCUT2D eigenvalue weighted by Crippen LogP contribution is -2.00. The molecule has 2 rings (SSSR count). The number of allylic oxidation sites excluding steroid dienone is 1. The highest BCUT2D eigenvalue weighted by atomic mass is 16.1. The normalized spacial score (nSPS) is 10.8. The fourth-order valence-electron chi connectivity index (χ4n) is 2.05. The number of fused-ring (bicyclic) bond motifs is 1. The Morgan fingerprint density at radius 3 is 2.72 bits per heavy atom. The fraction of sp³-hybridized carbons (Fsp3) is 0.333. The van der Waals surface area contributed by atoms with Crippen molar-refractivity contribution in [3.8, 4) is 0 Å². The Bertz CT molecular complexity index is 623. The van der Waals surface area contributed by atoms with Gasteiger partial charge in [0.1, 0.15) is 5.82 Å². The second-order valence-corrected chi connectivity index (χ2v) is 4.89. The van der Waals surface area contributed by atoms with Crippen molar-refractivity contribution in [1.29, 1.82) is 0 Å².